The molecule has 1 aliphatic heterocycles. The lowest BCUT2D eigenvalue weighted by Gasteiger charge is -2.21. The van der Waals surface area contributed by atoms with Gasteiger partial charge < -0.3 is 4.74 Å². The van der Waals surface area contributed by atoms with Crippen LogP contribution in [-0.2, 0) is 14.3 Å². The molecule has 1 unspecified atom stereocenters. The molecule has 1 heterocycles. The van der Waals surface area contributed by atoms with E-state index in [1.165, 1.54) is 4.90 Å². The smallest absolute Gasteiger partial charge is 0.337 e. The molecule has 31 heavy (non-hydrogen) atoms. The lowest BCUT2D eigenvalue weighted by molar-refractivity contribution is -0.139. The second-order valence-corrected chi connectivity index (χ2v) is 7.02. The molecule has 3 aromatic carbocycles. The molecular formula is C26H21NO4. The van der Waals surface area contributed by atoms with Crippen LogP contribution in [0.4, 0.5) is 5.69 Å². The number of carbonyl (C=O) groups is 3. The number of amides is 1. The first kappa shape index (κ1) is 20.3. The molecule has 3 aromatic rings. The molecule has 154 valence electrons. The molecule has 4 rings (SSSR count). The third-order valence-corrected chi connectivity index (χ3v) is 5.11. The zero-order valence-electron chi connectivity index (χ0n) is 17.0. The van der Waals surface area contributed by atoms with Crippen LogP contribution in [0, 0.1) is 5.92 Å². The molecule has 0 aliphatic carbocycles. The summed E-state index contributed by atoms with van der Waals surface area (Å²) in [6.45, 7) is 1.83. The second kappa shape index (κ2) is 8.79. The Morgan fingerprint density at radius 2 is 1.39 bits per heavy atom. The number of para-hydroxylation sites is 1. The summed E-state index contributed by atoms with van der Waals surface area (Å²) in [7, 11) is 0. The highest BCUT2D eigenvalue weighted by atomic mass is 16.5. The van der Waals surface area contributed by atoms with Crippen LogP contribution in [0.5, 0.6) is 0 Å². The summed E-state index contributed by atoms with van der Waals surface area (Å²) in [6, 6.07) is 26.7. The van der Waals surface area contributed by atoms with Gasteiger partial charge in [0.05, 0.1) is 17.9 Å². The van der Waals surface area contributed by atoms with Gasteiger partial charge in [0.15, 0.2) is 5.78 Å². The zero-order valence-corrected chi connectivity index (χ0v) is 17.0. The Morgan fingerprint density at radius 3 is 1.97 bits per heavy atom. The average Bonchev–Trinajstić information content (AvgIpc) is 3.13. The Hall–Kier alpha value is -3.99. The first-order valence-corrected chi connectivity index (χ1v) is 10.1. The minimum atomic E-state index is -1.28. The number of hydrogen-bond donors (Lipinski definition) is 0. The quantitative estimate of drug-likeness (QED) is 0.340. The average molecular weight is 411 g/mol. The molecule has 0 radical (unpaired) electrons. The monoisotopic (exact) mass is 411 g/mol. The minimum absolute atomic E-state index is 0.0655. The predicted molar refractivity (Wildman–Crippen MR) is 118 cm³/mol. The number of ketones is 1. The summed E-state index contributed by atoms with van der Waals surface area (Å²) in [4.78, 5) is 41.7. The number of esters is 1. The Balaban J connectivity index is 1.96. The molecule has 1 amide bonds. The van der Waals surface area contributed by atoms with E-state index in [4.69, 9.17) is 4.74 Å². The van der Waals surface area contributed by atoms with Crippen molar-refractivity contribution in [3.05, 3.63) is 108 Å². The van der Waals surface area contributed by atoms with E-state index in [2.05, 4.69) is 0 Å². The van der Waals surface area contributed by atoms with E-state index in [0.29, 0.717) is 22.5 Å². The van der Waals surface area contributed by atoms with E-state index in [9.17, 15) is 14.4 Å². The molecule has 1 aliphatic rings. The highest BCUT2D eigenvalue weighted by molar-refractivity contribution is 6.30. The number of carbonyl (C=O) groups excluding carboxylic acids is 3. The van der Waals surface area contributed by atoms with Crippen molar-refractivity contribution >= 4 is 29.0 Å². The predicted octanol–water partition coefficient (Wildman–Crippen LogP) is 4.51. The topological polar surface area (TPSA) is 63.7 Å². The molecule has 0 aromatic heterocycles. The van der Waals surface area contributed by atoms with Crippen LogP contribution in [0.3, 0.4) is 0 Å². The van der Waals surface area contributed by atoms with Crippen molar-refractivity contribution in [1.29, 1.82) is 0 Å². The normalized spacial score (nSPS) is 15.8. The molecular weight excluding hydrogens is 390 g/mol. The number of rotatable bonds is 6. The van der Waals surface area contributed by atoms with Crippen molar-refractivity contribution in [2.24, 2.45) is 5.92 Å². The lowest BCUT2D eigenvalue weighted by Crippen LogP contribution is -2.33. The standard InChI is InChI=1S/C26H21NO4/c1-2-31-26(30)21-22(24(28)19-14-8-4-9-15-19)25(29)27(20-16-10-5-11-17-20)23(21)18-12-6-3-7-13-18/h3-17,22H,2H2,1H3. The van der Waals surface area contributed by atoms with Crippen molar-refractivity contribution in [2.45, 2.75) is 6.92 Å². The van der Waals surface area contributed by atoms with E-state index in [0.717, 1.165) is 0 Å². The Kier molecular flexibility index (Phi) is 5.76. The maximum absolute atomic E-state index is 13.7. The second-order valence-electron chi connectivity index (χ2n) is 7.02. The number of nitrogens with zero attached hydrogens (tertiary/aromatic N) is 1. The maximum atomic E-state index is 13.7. The number of ether oxygens (including phenoxy) is 1. The Morgan fingerprint density at radius 1 is 0.839 bits per heavy atom. The molecule has 1 atom stereocenters. The summed E-state index contributed by atoms with van der Waals surface area (Å²) >= 11 is 0. The molecule has 0 spiro atoms. The van der Waals surface area contributed by atoms with Gasteiger partial charge in [0, 0.05) is 11.3 Å². The van der Waals surface area contributed by atoms with E-state index in [1.807, 2.05) is 48.5 Å². The molecule has 5 nitrogen and oxygen atoms in total. The fourth-order valence-corrected chi connectivity index (χ4v) is 3.77. The van der Waals surface area contributed by atoms with Crippen LogP contribution in [-0.4, -0.2) is 24.3 Å². The number of benzene rings is 3. The van der Waals surface area contributed by atoms with Gasteiger partial charge in [-0.3, -0.25) is 14.5 Å². The highest BCUT2D eigenvalue weighted by Gasteiger charge is 2.48. The van der Waals surface area contributed by atoms with Gasteiger partial charge in [-0.05, 0) is 24.6 Å². The third-order valence-electron chi connectivity index (χ3n) is 5.11. The lowest BCUT2D eigenvalue weighted by atomic mass is 9.90. The number of anilines is 1. The van der Waals surface area contributed by atoms with Gasteiger partial charge in [0.2, 0.25) is 5.91 Å². The first-order valence-electron chi connectivity index (χ1n) is 10.1. The Labute approximate surface area is 180 Å². The van der Waals surface area contributed by atoms with Crippen molar-refractivity contribution in [1.82, 2.24) is 0 Å². The largest absolute Gasteiger partial charge is 0.463 e. The van der Waals surface area contributed by atoms with Crippen LogP contribution < -0.4 is 4.90 Å². The van der Waals surface area contributed by atoms with Gasteiger partial charge in [-0.15, -0.1) is 0 Å². The van der Waals surface area contributed by atoms with Crippen LogP contribution >= 0.6 is 0 Å². The molecule has 0 fully saturated rings. The van der Waals surface area contributed by atoms with E-state index in [1.54, 1.807) is 49.4 Å². The van der Waals surface area contributed by atoms with Gasteiger partial charge >= 0.3 is 5.97 Å². The summed E-state index contributed by atoms with van der Waals surface area (Å²) in [5.41, 5.74) is 2.05. The van der Waals surface area contributed by atoms with Crippen LogP contribution in [0.15, 0.2) is 96.6 Å². The first-order chi connectivity index (χ1) is 15.1. The van der Waals surface area contributed by atoms with Crippen molar-refractivity contribution in [2.75, 3.05) is 11.5 Å². The molecule has 0 N–H and O–H groups in total. The fraction of sp³-hybridized carbons (Fsp3) is 0.115. The third kappa shape index (κ3) is 3.78. The molecule has 5 heteroatoms. The van der Waals surface area contributed by atoms with Gasteiger partial charge in [-0.1, -0.05) is 78.9 Å². The van der Waals surface area contributed by atoms with Gasteiger partial charge in [0.25, 0.3) is 0 Å². The Bertz CT molecular complexity index is 1140. The minimum Gasteiger partial charge on any atom is -0.463 e. The van der Waals surface area contributed by atoms with Gasteiger partial charge in [0.1, 0.15) is 5.92 Å². The zero-order chi connectivity index (χ0) is 21.8. The van der Waals surface area contributed by atoms with E-state index < -0.39 is 23.6 Å². The van der Waals surface area contributed by atoms with Crippen molar-refractivity contribution in [3.63, 3.8) is 0 Å². The summed E-state index contributed by atoms with van der Waals surface area (Å²) in [5.74, 6) is -2.85. The van der Waals surface area contributed by atoms with Crippen molar-refractivity contribution < 1.29 is 19.1 Å². The number of hydrogen-bond acceptors (Lipinski definition) is 4. The van der Waals surface area contributed by atoms with Gasteiger partial charge in [-0.25, -0.2) is 4.79 Å². The van der Waals surface area contributed by atoms with E-state index in [-0.39, 0.29) is 12.2 Å². The summed E-state index contributed by atoms with van der Waals surface area (Å²) in [5, 5.41) is 0. The summed E-state index contributed by atoms with van der Waals surface area (Å²) in [6.07, 6.45) is 0. The fourth-order valence-electron chi connectivity index (χ4n) is 3.77. The molecule has 0 bridgehead atoms. The maximum Gasteiger partial charge on any atom is 0.337 e. The van der Waals surface area contributed by atoms with Crippen LogP contribution in [0.2, 0.25) is 0 Å². The molecule has 0 saturated heterocycles. The van der Waals surface area contributed by atoms with Gasteiger partial charge in [-0.2, -0.15) is 0 Å². The molecule has 0 saturated carbocycles. The van der Waals surface area contributed by atoms with Crippen molar-refractivity contribution in [3.8, 4) is 0 Å². The summed E-state index contributed by atoms with van der Waals surface area (Å²) < 4.78 is 5.30. The number of Topliss-reactive ketones (excluding diaryl/α,β-unsaturated/α-hetero) is 1. The van der Waals surface area contributed by atoms with E-state index >= 15 is 0 Å². The van der Waals surface area contributed by atoms with Crippen LogP contribution in [0.25, 0.3) is 5.70 Å². The van der Waals surface area contributed by atoms with Crippen LogP contribution in [0.1, 0.15) is 22.8 Å². The highest BCUT2D eigenvalue weighted by Crippen LogP contribution is 2.41. The SMILES string of the molecule is CCOC(=O)C1=C(c2ccccc2)N(c2ccccc2)C(=O)C1C(=O)c1ccccc1.